The summed E-state index contributed by atoms with van der Waals surface area (Å²) in [5.41, 5.74) is 5.64. The highest BCUT2D eigenvalue weighted by Gasteiger charge is 2.23. The van der Waals surface area contributed by atoms with Crippen LogP contribution in [-0.2, 0) is 4.79 Å². The van der Waals surface area contributed by atoms with Crippen LogP contribution < -0.4 is 5.73 Å². The molecule has 1 amide bonds. The minimum atomic E-state index is 0.376. The molecule has 3 heteroatoms. The second kappa shape index (κ2) is 11.1. The fraction of sp³-hybridized carbons (Fsp3) is 0.941. The largest absolute Gasteiger partial charge is 0.340 e. The SMILES string of the molecule is CCCCCCC(=O)N(CCCN)C1CCCCCC1. The molecule has 20 heavy (non-hydrogen) atoms. The molecule has 1 aliphatic rings. The third-order valence-electron chi connectivity index (χ3n) is 4.43. The van der Waals surface area contributed by atoms with Crippen molar-refractivity contribution in [3.05, 3.63) is 0 Å². The van der Waals surface area contributed by atoms with E-state index in [1.54, 1.807) is 0 Å². The van der Waals surface area contributed by atoms with Crippen LogP contribution in [0, 0.1) is 0 Å². The van der Waals surface area contributed by atoms with Gasteiger partial charge in [0.25, 0.3) is 0 Å². The molecule has 0 bridgehead atoms. The molecule has 0 aromatic heterocycles. The molecule has 1 fully saturated rings. The summed E-state index contributed by atoms with van der Waals surface area (Å²) in [7, 11) is 0. The summed E-state index contributed by atoms with van der Waals surface area (Å²) in [6, 6.07) is 0.489. The molecule has 0 spiro atoms. The monoisotopic (exact) mass is 282 g/mol. The van der Waals surface area contributed by atoms with Crippen LogP contribution in [-0.4, -0.2) is 29.9 Å². The molecule has 0 aliphatic heterocycles. The van der Waals surface area contributed by atoms with E-state index in [-0.39, 0.29) is 0 Å². The first kappa shape index (κ1) is 17.5. The lowest BCUT2D eigenvalue weighted by molar-refractivity contribution is -0.134. The van der Waals surface area contributed by atoms with Gasteiger partial charge in [-0.25, -0.2) is 0 Å². The quantitative estimate of drug-likeness (QED) is 0.515. The number of hydrogen-bond acceptors (Lipinski definition) is 2. The van der Waals surface area contributed by atoms with Crippen molar-refractivity contribution in [2.75, 3.05) is 13.1 Å². The van der Waals surface area contributed by atoms with Gasteiger partial charge in [-0.2, -0.15) is 0 Å². The summed E-state index contributed by atoms with van der Waals surface area (Å²) < 4.78 is 0. The highest BCUT2D eigenvalue weighted by molar-refractivity contribution is 5.76. The van der Waals surface area contributed by atoms with Gasteiger partial charge in [0.15, 0.2) is 0 Å². The predicted molar refractivity (Wildman–Crippen MR) is 85.6 cm³/mol. The Morgan fingerprint density at radius 2 is 1.75 bits per heavy atom. The van der Waals surface area contributed by atoms with Crippen LogP contribution in [0.2, 0.25) is 0 Å². The zero-order chi connectivity index (χ0) is 14.6. The van der Waals surface area contributed by atoms with Gasteiger partial charge in [0.2, 0.25) is 5.91 Å². The second-order valence-electron chi connectivity index (χ2n) is 6.19. The van der Waals surface area contributed by atoms with Gasteiger partial charge in [-0.1, -0.05) is 51.9 Å². The number of nitrogens with zero attached hydrogens (tertiary/aromatic N) is 1. The maximum Gasteiger partial charge on any atom is 0.222 e. The third-order valence-corrected chi connectivity index (χ3v) is 4.43. The summed E-state index contributed by atoms with van der Waals surface area (Å²) in [4.78, 5) is 14.7. The molecule has 0 aromatic carbocycles. The van der Waals surface area contributed by atoms with Crippen LogP contribution in [0.25, 0.3) is 0 Å². The van der Waals surface area contributed by atoms with Gasteiger partial charge in [-0.3, -0.25) is 4.79 Å². The van der Waals surface area contributed by atoms with E-state index in [0.29, 0.717) is 18.5 Å². The lowest BCUT2D eigenvalue weighted by Crippen LogP contribution is -2.41. The van der Waals surface area contributed by atoms with Crippen molar-refractivity contribution in [3.8, 4) is 0 Å². The molecule has 0 aromatic rings. The number of nitrogens with two attached hydrogens (primary N) is 1. The van der Waals surface area contributed by atoms with Crippen molar-refractivity contribution in [1.82, 2.24) is 4.90 Å². The lowest BCUT2D eigenvalue weighted by atomic mass is 10.0. The van der Waals surface area contributed by atoms with Crippen molar-refractivity contribution in [1.29, 1.82) is 0 Å². The molecule has 1 rings (SSSR count). The van der Waals surface area contributed by atoms with Crippen LogP contribution in [0.5, 0.6) is 0 Å². The molecule has 0 radical (unpaired) electrons. The van der Waals surface area contributed by atoms with E-state index in [1.165, 1.54) is 57.8 Å². The zero-order valence-corrected chi connectivity index (χ0v) is 13.4. The third kappa shape index (κ3) is 6.74. The molecule has 2 N–H and O–H groups in total. The standard InChI is InChI=1S/C17H34N2O/c1-2-3-4-9-13-17(20)19(15-10-14-18)16-11-7-5-6-8-12-16/h16H,2-15,18H2,1H3. The maximum atomic E-state index is 12.5. The fourth-order valence-electron chi connectivity index (χ4n) is 3.19. The maximum absolute atomic E-state index is 12.5. The molecule has 0 atom stereocenters. The first-order chi connectivity index (χ1) is 9.79. The van der Waals surface area contributed by atoms with Gasteiger partial charge in [-0.05, 0) is 32.2 Å². The van der Waals surface area contributed by atoms with Crippen LogP contribution in [0.15, 0.2) is 0 Å². The Bertz CT molecular complexity index is 247. The van der Waals surface area contributed by atoms with Gasteiger partial charge >= 0.3 is 0 Å². The second-order valence-corrected chi connectivity index (χ2v) is 6.19. The Labute approximate surface area is 125 Å². The summed E-state index contributed by atoms with van der Waals surface area (Å²) in [6.45, 7) is 3.76. The van der Waals surface area contributed by atoms with Gasteiger partial charge in [0.1, 0.15) is 0 Å². The number of unbranched alkanes of at least 4 members (excludes halogenated alkanes) is 3. The van der Waals surface area contributed by atoms with Gasteiger partial charge in [0, 0.05) is 19.0 Å². The van der Waals surface area contributed by atoms with E-state index in [2.05, 4.69) is 11.8 Å². The summed E-state index contributed by atoms with van der Waals surface area (Å²) in [5.74, 6) is 0.376. The van der Waals surface area contributed by atoms with E-state index in [1.807, 2.05) is 0 Å². The smallest absolute Gasteiger partial charge is 0.222 e. The summed E-state index contributed by atoms with van der Waals surface area (Å²) in [5, 5.41) is 0. The Hall–Kier alpha value is -0.570. The van der Waals surface area contributed by atoms with Gasteiger partial charge < -0.3 is 10.6 Å². The van der Waals surface area contributed by atoms with Crippen LogP contribution in [0.3, 0.4) is 0 Å². The van der Waals surface area contributed by atoms with Crippen LogP contribution >= 0.6 is 0 Å². The van der Waals surface area contributed by atoms with Crippen molar-refractivity contribution in [2.24, 2.45) is 5.73 Å². The van der Waals surface area contributed by atoms with Gasteiger partial charge in [-0.15, -0.1) is 0 Å². The number of carbonyl (C=O) groups excluding carboxylic acids is 1. The normalized spacial score (nSPS) is 16.9. The van der Waals surface area contributed by atoms with Crippen molar-refractivity contribution in [2.45, 2.75) is 90.0 Å². The van der Waals surface area contributed by atoms with Crippen molar-refractivity contribution >= 4 is 5.91 Å². The average molecular weight is 282 g/mol. The van der Waals surface area contributed by atoms with E-state index in [0.717, 1.165) is 25.8 Å². The molecular weight excluding hydrogens is 248 g/mol. The molecule has 1 saturated carbocycles. The number of amides is 1. The Balaban J connectivity index is 2.45. The topological polar surface area (TPSA) is 46.3 Å². The summed E-state index contributed by atoms with van der Waals surface area (Å²) >= 11 is 0. The molecule has 3 nitrogen and oxygen atoms in total. The van der Waals surface area contributed by atoms with Crippen LogP contribution in [0.1, 0.15) is 84.0 Å². The van der Waals surface area contributed by atoms with E-state index >= 15 is 0 Å². The minimum Gasteiger partial charge on any atom is -0.340 e. The summed E-state index contributed by atoms with van der Waals surface area (Å²) in [6.07, 6.45) is 14.1. The zero-order valence-electron chi connectivity index (χ0n) is 13.4. The Kier molecular flexibility index (Phi) is 9.73. The van der Waals surface area contributed by atoms with Crippen LogP contribution in [0.4, 0.5) is 0 Å². The first-order valence-electron chi connectivity index (χ1n) is 8.79. The number of rotatable bonds is 9. The Morgan fingerprint density at radius 1 is 1.05 bits per heavy atom. The highest BCUT2D eigenvalue weighted by Crippen LogP contribution is 2.23. The Morgan fingerprint density at radius 3 is 2.35 bits per heavy atom. The first-order valence-corrected chi connectivity index (χ1v) is 8.79. The van der Waals surface area contributed by atoms with Crippen molar-refractivity contribution < 1.29 is 4.79 Å². The lowest BCUT2D eigenvalue weighted by Gasteiger charge is -2.31. The molecule has 1 aliphatic carbocycles. The number of carbonyl (C=O) groups is 1. The molecule has 0 unspecified atom stereocenters. The predicted octanol–water partition coefficient (Wildman–Crippen LogP) is 3.86. The van der Waals surface area contributed by atoms with Crippen molar-refractivity contribution in [3.63, 3.8) is 0 Å². The molecular formula is C17H34N2O. The minimum absolute atomic E-state index is 0.376. The average Bonchev–Trinajstić information content (AvgIpc) is 2.73. The van der Waals surface area contributed by atoms with Gasteiger partial charge in [0.05, 0.1) is 0 Å². The van der Waals surface area contributed by atoms with E-state index in [4.69, 9.17) is 5.73 Å². The molecule has 0 heterocycles. The number of hydrogen-bond donors (Lipinski definition) is 1. The fourth-order valence-corrected chi connectivity index (χ4v) is 3.19. The molecule has 118 valence electrons. The molecule has 0 saturated heterocycles. The highest BCUT2D eigenvalue weighted by atomic mass is 16.2. The van der Waals surface area contributed by atoms with E-state index < -0.39 is 0 Å². The van der Waals surface area contributed by atoms with E-state index in [9.17, 15) is 4.79 Å².